The molecule has 2 saturated heterocycles. The van der Waals surface area contributed by atoms with Gasteiger partial charge >= 0.3 is 6.03 Å². The van der Waals surface area contributed by atoms with Crippen molar-refractivity contribution in [2.75, 3.05) is 26.2 Å². The van der Waals surface area contributed by atoms with Gasteiger partial charge in [-0.2, -0.15) is 0 Å². The minimum absolute atomic E-state index is 0.0435. The van der Waals surface area contributed by atoms with Gasteiger partial charge in [0.15, 0.2) is 0 Å². The topological polar surface area (TPSA) is 35.6 Å². The molecule has 0 spiro atoms. The summed E-state index contributed by atoms with van der Waals surface area (Å²) in [7, 11) is 0. The number of allylic oxidation sites excluding steroid dienone is 2. The first-order valence-electron chi connectivity index (χ1n) is 19.6. The molecule has 0 radical (unpaired) electrons. The molecule has 46 heavy (non-hydrogen) atoms. The smallest absolute Gasteiger partial charge is 0.318 e. The average Bonchev–Trinajstić information content (AvgIpc) is 3.79. The molecule has 2 aliphatic heterocycles. The maximum absolute atomic E-state index is 14.1. The number of fused-ring (bicyclic) bond motifs is 7. The van der Waals surface area contributed by atoms with Crippen LogP contribution in [0.1, 0.15) is 129 Å². The van der Waals surface area contributed by atoms with Crippen LogP contribution in [-0.2, 0) is 0 Å². The number of aryl methyl sites for hydroxylation is 1. The largest absolute Gasteiger partial charge is 0.332 e. The van der Waals surface area contributed by atoms with Crippen molar-refractivity contribution in [2.45, 2.75) is 136 Å². The zero-order valence-corrected chi connectivity index (χ0v) is 29.9. The molecule has 4 heteroatoms. The van der Waals surface area contributed by atoms with E-state index in [1.807, 2.05) is 0 Å². The molecule has 7 aliphatic rings. The molecule has 9 atom stereocenters. The Bertz CT molecular complexity index is 1340. The Morgan fingerprint density at radius 1 is 0.783 bits per heavy atom. The Morgan fingerprint density at radius 3 is 2.35 bits per heavy atom. The molecule has 4 nitrogen and oxygen atoms in total. The second-order valence-corrected chi connectivity index (χ2v) is 18.5. The van der Waals surface area contributed by atoms with Gasteiger partial charge in [0.05, 0.1) is 0 Å². The van der Waals surface area contributed by atoms with E-state index in [-0.39, 0.29) is 17.0 Å². The van der Waals surface area contributed by atoms with E-state index in [2.05, 4.69) is 80.1 Å². The van der Waals surface area contributed by atoms with E-state index >= 15 is 0 Å². The number of hydrogen-bond donors (Lipinski definition) is 1. The number of benzene rings is 1. The average molecular weight is 626 g/mol. The molecular weight excluding hydrogens is 562 g/mol. The predicted molar refractivity (Wildman–Crippen MR) is 189 cm³/mol. The lowest BCUT2D eigenvalue weighted by Crippen LogP contribution is -2.65. The molecule has 1 aromatic rings. The zero-order chi connectivity index (χ0) is 31.9. The lowest BCUT2D eigenvalue weighted by Gasteiger charge is -2.68. The minimum atomic E-state index is 0.0435. The lowest BCUT2D eigenvalue weighted by atomic mass is 9.37. The molecule has 1 aromatic carbocycles. The second-order valence-electron chi connectivity index (χ2n) is 18.5. The molecule has 2 amide bonds. The SMILES string of the molecule is Cc1ccc(C2=CCC3(C)C(CCC4(C)C5CCC6(NC(=O)N7CCCC7CN7CCCC7)CCCC6C5CCC43)C2(C)C)cc1. The summed E-state index contributed by atoms with van der Waals surface area (Å²) in [5.41, 5.74) is 5.42. The monoisotopic (exact) mass is 625 g/mol. The molecule has 0 aromatic heterocycles. The summed E-state index contributed by atoms with van der Waals surface area (Å²) < 4.78 is 0. The van der Waals surface area contributed by atoms with Gasteiger partial charge in [0.25, 0.3) is 0 Å². The van der Waals surface area contributed by atoms with Crippen LogP contribution in [0.3, 0.4) is 0 Å². The number of likely N-dealkylation sites (tertiary alicyclic amines) is 2. The van der Waals surface area contributed by atoms with Crippen LogP contribution in [-0.4, -0.2) is 53.6 Å². The van der Waals surface area contributed by atoms with Crippen molar-refractivity contribution in [3.63, 3.8) is 0 Å². The molecule has 5 aliphatic carbocycles. The highest BCUT2D eigenvalue weighted by atomic mass is 16.2. The number of urea groups is 1. The molecule has 9 unspecified atom stereocenters. The van der Waals surface area contributed by atoms with Crippen LogP contribution in [0.2, 0.25) is 0 Å². The van der Waals surface area contributed by atoms with E-state index < -0.39 is 0 Å². The molecule has 0 bridgehead atoms. The Kier molecular flexibility index (Phi) is 7.78. The Labute approximate surface area is 280 Å². The van der Waals surface area contributed by atoms with E-state index in [0.29, 0.717) is 22.8 Å². The molecule has 2 heterocycles. The fourth-order valence-corrected chi connectivity index (χ4v) is 14.1. The van der Waals surface area contributed by atoms with Gasteiger partial charge in [-0.1, -0.05) is 70.0 Å². The van der Waals surface area contributed by atoms with E-state index in [1.54, 1.807) is 5.57 Å². The second kappa shape index (κ2) is 11.4. The molecule has 4 saturated carbocycles. The summed E-state index contributed by atoms with van der Waals surface area (Å²) in [6.07, 6.45) is 20.8. The van der Waals surface area contributed by atoms with E-state index in [1.165, 1.54) is 114 Å². The van der Waals surface area contributed by atoms with Gasteiger partial charge in [-0.05, 0) is 160 Å². The van der Waals surface area contributed by atoms with E-state index in [4.69, 9.17) is 0 Å². The molecular formula is C42H63N3O. The van der Waals surface area contributed by atoms with Gasteiger partial charge in [0, 0.05) is 24.7 Å². The van der Waals surface area contributed by atoms with Crippen molar-refractivity contribution >= 4 is 11.6 Å². The number of carbonyl (C=O) groups is 1. The third-order valence-electron chi connectivity index (χ3n) is 16.1. The maximum atomic E-state index is 14.1. The standard InChI is InChI=1S/C42H63N3O/c1-29-12-14-30(15-13-29)33-18-22-41(5)36(39(33,2)3)20-23-40(4)34-19-24-42(21-8-11-35(42)32(34)16-17-37(40)41)43-38(46)45-27-9-10-31(45)28-44-25-6-7-26-44/h12-15,18,31-32,34-37H,6-11,16-17,19-28H2,1-5H3,(H,43,46). The Balaban J connectivity index is 1.01. The summed E-state index contributed by atoms with van der Waals surface area (Å²) in [6.45, 7) is 17.3. The number of rotatable bonds is 4. The predicted octanol–water partition coefficient (Wildman–Crippen LogP) is 9.48. The van der Waals surface area contributed by atoms with E-state index in [0.717, 1.165) is 36.8 Å². The number of nitrogens with zero attached hydrogens (tertiary/aromatic N) is 2. The third-order valence-corrected chi connectivity index (χ3v) is 16.1. The van der Waals surface area contributed by atoms with Crippen LogP contribution < -0.4 is 5.32 Å². The number of amides is 2. The summed E-state index contributed by atoms with van der Waals surface area (Å²) in [5.74, 6) is 3.81. The fourth-order valence-electron chi connectivity index (χ4n) is 14.1. The molecule has 8 rings (SSSR count). The van der Waals surface area contributed by atoms with Crippen LogP contribution in [0.25, 0.3) is 5.57 Å². The summed E-state index contributed by atoms with van der Waals surface area (Å²) >= 11 is 0. The van der Waals surface area contributed by atoms with Crippen LogP contribution in [0, 0.1) is 52.8 Å². The highest BCUT2D eigenvalue weighted by Gasteiger charge is 2.65. The normalized spacial score (nSPS) is 43.3. The van der Waals surface area contributed by atoms with Gasteiger partial charge in [-0.15, -0.1) is 0 Å². The first-order chi connectivity index (χ1) is 22.1. The van der Waals surface area contributed by atoms with Crippen molar-refractivity contribution in [1.82, 2.24) is 15.1 Å². The highest BCUT2D eigenvalue weighted by molar-refractivity contribution is 5.76. The van der Waals surface area contributed by atoms with Crippen LogP contribution in [0.4, 0.5) is 4.79 Å². The van der Waals surface area contributed by atoms with E-state index in [9.17, 15) is 4.79 Å². The van der Waals surface area contributed by atoms with Crippen molar-refractivity contribution in [2.24, 2.45) is 45.8 Å². The van der Waals surface area contributed by atoms with Crippen LogP contribution in [0.5, 0.6) is 0 Å². The molecule has 1 N–H and O–H groups in total. The van der Waals surface area contributed by atoms with Gasteiger partial charge < -0.3 is 15.1 Å². The maximum Gasteiger partial charge on any atom is 0.318 e. The Hall–Kier alpha value is -1.81. The lowest BCUT2D eigenvalue weighted by molar-refractivity contribution is -0.172. The van der Waals surface area contributed by atoms with Crippen molar-refractivity contribution < 1.29 is 4.79 Å². The molecule has 252 valence electrons. The first-order valence-corrected chi connectivity index (χ1v) is 19.6. The quantitative estimate of drug-likeness (QED) is 0.362. The minimum Gasteiger partial charge on any atom is -0.332 e. The zero-order valence-electron chi connectivity index (χ0n) is 29.9. The van der Waals surface area contributed by atoms with Crippen LogP contribution >= 0.6 is 0 Å². The number of hydrogen-bond acceptors (Lipinski definition) is 2. The number of nitrogens with one attached hydrogen (secondary N) is 1. The fraction of sp³-hybridized carbons (Fsp3) is 0.786. The van der Waals surface area contributed by atoms with Gasteiger partial charge in [-0.3, -0.25) is 0 Å². The Morgan fingerprint density at radius 2 is 1.57 bits per heavy atom. The highest BCUT2D eigenvalue weighted by Crippen LogP contribution is 2.72. The third kappa shape index (κ3) is 4.79. The summed E-state index contributed by atoms with van der Waals surface area (Å²) in [5, 5.41) is 3.86. The van der Waals surface area contributed by atoms with Gasteiger partial charge in [0.2, 0.25) is 0 Å². The molecule has 6 fully saturated rings. The summed E-state index contributed by atoms with van der Waals surface area (Å²) in [4.78, 5) is 19.0. The summed E-state index contributed by atoms with van der Waals surface area (Å²) in [6, 6.07) is 10.0. The van der Waals surface area contributed by atoms with Crippen molar-refractivity contribution in [3.8, 4) is 0 Å². The first kappa shape index (κ1) is 31.5. The van der Waals surface area contributed by atoms with Crippen molar-refractivity contribution in [1.29, 1.82) is 0 Å². The van der Waals surface area contributed by atoms with Crippen LogP contribution in [0.15, 0.2) is 30.3 Å². The van der Waals surface area contributed by atoms with Gasteiger partial charge in [-0.25, -0.2) is 4.79 Å². The number of carbonyl (C=O) groups excluding carboxylic acids is 1. The van der Waals surface area contributed by atoms with Gasteiger partial charge in [0.1, 0.15) is 0 Å². The van der Waals surface area contributed by atoms with Crippen molar-refractivity contribution in [3.05, 3.63) is 41.5 Å².